The Kier molecular flexibility index (Phi) is 8.72. The summed E-state index contributed by atoms with van der Waals surface area (Å²) < 4.78 is 7.23. The van der Waals surface area contributed by atoms with Gasteiger partial charge < -0.3 is 10.1 Å². The lowest BCUT2D eigenvalue weighted by Gasteiger charge is -2.34. The summed E-state index contributed by atoms with van der Waals surface area (Å²) in [6, 6.07) is 11.4. The van der Waals surface area contributed by atoms with E-state index < -0.39 is 6.23 Å². The Bertz CT molecular complexity index is 1540. The second-order valence-corrected chi connectivity index (χ2v) is 10.8. The van der Waals surface area contributed by atoms with Gasteiger partial charge in [-0.2, -0.15) is 5.10 Å². The summed E-state index contributed by atoms with van der Waals surface area (Å²) in [5, 5.41) is 20.9. The fourth-order valence-electron chi connectivity index (χ4n) is 5.16. The van der Waals surface area contributed by atoms with Crippen molar-refractivity contribution in [1.82, 2.24) is 40.3 Å². The topological polar surface area (TPSA) is 133 Å². The monoisotopic (exact) mass is 571 g/mol. The Labute approximate surface area is 245 Å². The highest BCUT2D eigenvalue weighted by molar-refractivity contribution is 6.06. The van der Waals surface area contributed by atoms with E-state index >= 15 is 0 Å². The molecule has 0 saturated carbocycles. The second kappa shape index (κ2) is 12.6. The van der Waals surface area contributed by atoms with Crippen molar-refractivity contribution < 1.29 is 14.3 Å². The number of esters is 1. The number of aryl methyl sites for hydroxylation is 2. The molecule has 220 valence electrons. The molecule has 1 aliphatic rings. The number of amides is 1. The maximum absolute atomic E-state index is 13.9. The molecule has 0 spiro atoms. The Morgan fingerprint density at radius 1 is 1.19 bits per heavy atom. The van der Waals surface area contributed by atoms with Crippen molar-refractivity contribution in [2.75, 3.05) is 18.0 Å². The van der Waals surface area contributed by atoms with E-state index in [2.05, 4.69) is 30.8 Å². The normalized spacial score (nSPS) is 15.9. The molecular formula is C30H37N9O3. The molecule has 4 heterocycles. The molecule has 4 aromatic rings. The lowest BCUT2D eigenvalue weighted by atomic mass is 10.0. The molecule has 1 aliphatic heterocycles. The number of rotatable bonds is 9. The number of carbonyl (C=O) groups is 2. The summed E-state index contributed by atoms with van der Waals surface area (Å²) in [7, 11) is 1.81. The highest BCUT2D eigenvalue weighted by Crippen LogP contribution is 2.31. The summed E-state index contributed by atoms with van der Waals surface area (Å²) in [4.78, 5) is 33.7. The fraction of sp³-hybridized carbons (Fsp3) is 0.433. The summed E-state index contributed by atoms with van der Waals surface area (Å²) in [6.45, 7) is 9.25. The number of nitrogens with one attached hydrogen (secondary N) is 1. The zero-order valence-electron chi connectivity index (χ0n) is 24.7. The standard InChI is InChI=1S/C30H37N9O3/c1-6-25(40)42-30(19(2)3)39-35-27(34-36-39)26-24(18-33-37(26)5)21-11-13-22(14-12-21)29(41)38(23-10-8-15-31-17-23)28-20(4)9-7-16-32-28/h7,9,11-14,16,18-19,23,30-31H,6,8,10,15,17H2,1-5H3. The number of piperidine rings is 1. The van der Waals surface area contributed by atoms with Crippen molar-refractivity contribution in [1.29, 1.82) is 0 Å². The highest BCUT2D eigenvalue weighted by atomic mass is 16.6. The van der Waals surface area contributed by atoms with Gasteiger partial charge in [0.15, 0.2) is 0 Å². The maximum atomic E-state index is 13.9. The number of hydrogen-bond acceptors (Lipinski definition) is 9. The number of benzene rings is 1. The van der Waals surface area contributed by atoms with Crippen LogP contribution < -0.4 is 10.2 Å². The molecule has 1 saturated heterocycles. The smallest absolute Gasteiger partial charge is 0.307 e. The minimum atomic E-state index is -0.675. The Morgan fingerprint density at radius 2 is 1.98 bits per heavy atom. The quantitative estimate of drug-likeness (QED) is 0.297. The van der Waals surface area contributed by atoms with Gasteiger partial charge in [-0.1, -0.05) is 39.0 Å². The van der Waals surface area contributed by atoms with Crippen molar-refractivity contribution in [3.63, 3.8) is 0 Å². The first kappa shape index (κ1) is 29.1. The first-order valence-corrected chi connectivity index (χ1v) is 14.4. The van der Waals surface area contributed by atoms with Gasteiger partial charge in [0.05, 0.1) is 12.2 Å². The van der Waals surface area contributed by atoms with Gasteiger partial charge >= 0.3 is 5.97 Å². The third-order valence-corrected chi connectivity index (χ3v) is 7.43. The van der Waals surface area contributed by atoms with Crippen LogP contribution in [0.2, 0.25) is 0 Å². The molecule has 3 aromatic heterocycles. The maximum Gasteiger partial charge on any atom is 0.307 e. The lowest BCUT2D eigenvalue weighted by Crippen LogP contribution is -2.49. The average molecular weight is 572 g/mol. The van der Waals surface area contributed by atoms with E-state index in [0.717, 1.165) is 42.6 Å². The molecule has 1 N–H and O–H groups in total. The number of anilines is 1. The van der Waals surface area contributed by atoms with Crippen molar-refractivity contribution in [2.24, 2.45) is 13.0 Å². The third kappa shape index (κ3) is 5.94. The molecule has 5 rings (SSSR count). The summed E-state index contributed by atoms with van der Waals surface area (Å²) in [5.74, 6) is 0.560. The summed E-state index contributed by atoms with van der Waals surface area (Å²) in [6.07, 6.45) is 4.96. The number of carbonyl (C=O) groups excluding carboxylic acids is 2. The summed E-state index contributed by atoms with van der Waals surface area (Å²) in [5.41, 5.74) is 3.82. The van der Waals surface area contributed by atoms with Gasteiger partial charge in [0.1, 0.15) is 11.5 Å². The number of aromatic nitrogens is 7. The number of ether oxygens (including phenoxy) is 1. The molecule has 2 unspecified atom stereocenters. The van der Waals surface area contributed by atoms with Crippen LogP contribution >= 0.6 is 0 Å². The largest absolute Gasteiger partial charge is 0.438 e. The predicted molar refractivity (Wildman–Crippen MR) is 157 cm³/mol. The number of tetrazole rings is 1. The molecule has 0 aliphatic carbocycles. The average Bonchev–Trinajstić information content (AvgIpc) is 3.63. The molecule has 1 aromatic carbocycles. The zero-order valence-corrected chi connectivity index (χ0v) is 24.7. The van der Waals surface area contributed by atoms with Crippen LogP contribution in [0.25, 0.3) is 22.6 Å². The van der Waals surface area contributed by atoms with E-state index in [1.165, 1.54) is 4.80 Å². The minimum Gasteiger partial charge on any atom is -0.438 e. The fourth-order valence-corrected chi connectivity index (χ4v) is 5.16. The van der Waals surface area contributed by atoms with Gasteiger partial charge in [0.2, 0.25) is 12.1 Å². The molecule has 2 atom stereocenters. The van der Waals surface area contributed by atoms with Gasteiger partial charge in [0.25, 0.3) is 5.91 Å². The Hall–Kier alpha value is -4.45. The van der Waals surface area contributed by atoms with Crippen LogP contribution in [-0.2, 0) is 16.6 Å². The van der Waals surface area contributed by atoms with Crippen molar-refractivity contribution in [3.8, 4) is 22.6 Å². The molecule has 12 nitrogen and oxygen atoms in total. The van der Waals surface area contributed by atoms with Crippen LogP contribution in [0.3, 0.4) is 0 Å². The molecule has 0 bridgehead atoms. The SMILES string of the molecule is CCC(=O)OC(C(C)C)n1nnc(-c2c(-c3ccc(C(=O)N(c4ncccc4C)C4CCCNC4)cc3)cnn2C)n1. The van der Waals surface area contributed by atoms with Crippen LogP contribution in [0.4, 0.5) is 5.82 Å². The first-order chi connectivity index (χ1) is 20.3. The number of pyridine rings is 1. The van der Waals surface area contributed by atoms with Gasteiger partial charge in [-0.25, -0.2) is 4.98 Å². The van der Waals surface area contributed by atoms with Crippen LogP contribution in [0.15, 0.2) is 48.8 Å². The lowest BCUT2D eigenvalue weighted by molar-refractivity contribution is -0.159. The van der Waals surface area contributed by atoms with Crippen molar-refractivity contribution >= 4 is 17.7 Å². The van der Waals surface area contributed by atoms with E-state index in [1.807, 2.05) is 62.1 Å². The van der Waals surface area contributed by atoms with Crippen LogP contribution in [0.1, 0.15) is 62.2 Å². The van der Waals surface area contributed by atoms with Gasteiger partial charge in [-0.3, -0.25) is 19.2 Å². The molecule has 0 radical (unpaired) electrons. The van der Waals surface area contributed by atoms with E-state index in [4.69, 9.17) is 4.74 Å². The summed E-state index contributed by atoms with van der Waals surface area (Å²) >= 11 is 0. The van der Waals surface area contributed by atoms with E-state index in [9.17, 15) is 9.59 Å². The van der Waals surface area contributed by atoms with E-state index in [0.29, 0.717) is 22.9 Å². The molecular weight excluding hydrogens is 534 g/mol. The van der Waals surface area contributed by atoms with Gasteiger partial charge in [0, 0.05) is 43.3 Å². The molecule has 1 fully saturated rings. The van der Waals surface area contributed by atoms with Gasteiger partial charge in [-0.05, 0) is 60.8 Å². The van der Waals surface area contributed by atoms with E-state index in [1.54, 1.807) is 31.0 Å². The van der Waals surface area contributed by atoms with Crippen LogP contribution in [-0.4, -0.2) is 66.0 Å². The number of nitrogens with zero attached hydrogens (tertiary/aromatic N) is 8. The predicted octanol–water partition coefficient (Wildman–Crippen LogP) is 3.95. The highest BCUT2D eigenvalue weighted by Gasteiger charge is 2.30. The first-order valence-electron chi connectivity index (χ1n) is 14.4. The molecule has 12 heteroatoms. The minimum absolute atomic E-state index is 0.0180. The van der Waals surface area contributed by atoms with Gasteiger partial charge in [-0.15, -0.1) is 15.0 Å². The van der Waals surface area contributed by atoms with Crippen LogP contribution in [0, 0.1) is 12.8 Å². The molecule has 42 heavy (non-hydrogen) atoms. The Balaban J connectivity index is 1.43. The Morgan fingerprint density at radius 3 is 2.64 bits per heavy atom. The van der Waals surface area contributed by atoms with Crippen molar-refractivity contribution in [2.45, 2.75) is 59.2 Å². The zero-order chi connectivity index (χ0) is 29.8. The van der Waals surface area contributed by atoms with E-state index in [-0.39, 0.29) is 30.3 Å². The number of hydrogen-bond donors (Lipinski definition) is 1. The van der Waals surface area contributed by atoms with Crippen LogP contribution in [0.5, 0.6) is 0 Å². The third-order valence-electron chi connectivity index (χ3n) is 7.43. The molecule has 1 amide bonds. The second-order valence-electron chi connectivity index (χ2n) is 10.8. The van der Waals surface area contributed by atoms with Crippen molar-refractivity contribution in [3.05, 3.63) is 59.9 Å².